The highest BCUT2D eigenvalue weighted by molar-refractivity contribution is 8.13. The molecular formula is C13H20F6N2O7S2Si. The molecule has 31 heavy (non-hydrogen) atoms. The molecular weight excluding hydrogens is 502 g/mol. The highest BCUT2D eigenvalue weighted by atomic mass is 32.3. The molecule has 0 saturated heterocycles. The maximum absolute atomic E-state index is 11.4. The number of pyridine rings is 1. The third kappa shape index (κ3) is 8.62. The van der Waals surface area contributed by atoms with Crippen LogP contribution in [0.4, 0.5) is 26.3 Å². The molecule has 0 aromatic carbocycles. The summed E-state index contributed by atoms with van der Waals surface area (Å²) in [5.74, 6) is 0. The monoisotopic (exact) mass is 522 g/mol. The van der Waals surface area contributed by atoms with E-state index in [9.17, 15) is 43.2 Å². The average Bonchev–Trinajstić information content (AvgIpc) is 2.62. The Balaban J connectivity index is 0.000000582. The van der Waals surface area contributed by atoms with Crippen LogP contribution in [0.1, 0.15) is 5.69 Å². The van der Waals surface area contributed by atoms with Gasteiger partial charge in [0.05, 0.1) is 6.04 Å². The second-order valence-corrected chi connectivity index (χ2v) is 12.0. The summed E-state index contributed by atoms with van der Waals surface area (Å²) < 4.78 is 127. The quantitative estimate of drug-likeness (QED) is 0.292. The highest BCUT2D eigenvalue weighted by Gasteiger charge is 2.47. The fourth-order valence-corrected chi connectivity index (χ4v) is 5.18. The molecule has 18 heteroatoms. The van der Waals surface area contributed by atoms with Crippen molar-refractivity contribution >= 4 is 28.9 Å². The first kappa shape index (κ1) is 29.7. The summed E-state index contributed by atoms with van der Waals surface area (Å²) in [4.78, 5) is 0. The van der Waals surface area contributed by atoms with Crippen LogP contribution in [0.15, 0.2) is 24.4 Å². The van der Waals surface area contributed by atoms with Crippen molar-refractivity contribution in [3.63, 3.8) is 0 Å². The minimum Gasteiger partial charge on any atom is -0.421 e. The molecule has 0 aliphatic rings. The molecule has 1 rings (SSSR count). The molecule has 0 atom stereocenters. The summed E-state index contributed by atoms with van der Waals surface area (Å²) in [6.45, 7) is 2.92. The van der Waals surface area contributed by atoms with Gasteiger partial charge in [-0.2, -0.15) is 26.3 Å². The van der Waals surface area contributed by atoms with Gasteiger partial charge in [-0.3, -0.25) is 0 Å². The van der Waals surface area contributed by atoms with Gasteiger partial charge in [0, 0.05) is 40.4 Å². The number of alkyl halides is 6. The Bertz CT molecular complexity index is 869. The van der Waals surface area contributed by atoms with Crippen LogP contribution in [-0.4, -0.2) is 58.0 Å². The zero-order chi connectivity index (χ0) is 24.7. The maximum atomic E-state index is 11.4. The average molecular weight is 523 g/mol. The fourth-order valence-electron chi connectivity index (χ4n) is 1.84. The van der Waals surface area contributed by atoms with Crippen molar-refractivity contribution in [2.45, 2.75) is 30.5 Å². The van der Waals surface area contributed by atoms with Gasteiger partial charge >= 0.3 is 19.8 Å². The Kier molecular flexibility index (Phi) is 10.5. The van der Waals surface area contributed by atoms with Crippen LogP contribution in [0.2, 0.25) is 6.04 Å². The molecule has 0 radical (unpaired) electrons. The van der Waals surface area contributed by atoms with E-state index < -0.39 is 39.9 Å². The predicted octanol–water partition coefficient (Wildman–Crippen LogP) is 2.22. The van der Waals surface area contributed by atoms with E-state index in [1.54, 1.807) is 21.3 Å². The molecule has 1 aromatic rings. The van der Waals surface area contributed by atoms with Crippen LogP contribution in [0.3, 0.4) is 0 Å². The summed E-state index contributed by atoms with van der Waals surface area (Å²) in [6, 6.07) is 6.89. The van der Waals surface area contributed by atoms with E-state index in [0.29, 0.717) is 0 Å². The fraction of sp³-hybridized carbons (Fsp3) is 0.615. The van der Waals surface area contributed by atoms with Crippen molar-refractivity contribution in [3.8, 4) is 0 Å². The second-order valence-electron chi connectivity index (χ2n) is 5.50. The Labute approximate surface area is 176 Å². The van der Waals surface area contributed by atoms with Gasteiger partial charge in [-0.05, 0) is 0 Å². The summed E-state index contributed by atoms with van der Waals surface area (Å²) in [7, 11) is -11.0. The maximum Gasteiger partial charge on any atom is 0.506 e. The smallest absolute Gasteiger partial charge is 0.421 e. The van der Waals surface area contributed by atoms with Crippen LogP contribution < -0.4 is 4.57 Å². The molecule has 0 spiro atoms. The summed E-state index contributed by atoms with van der Waals surface area (Å²) in [6.07, 6.45) is 2.05. The Hall–Kier alpha value is -1.31. The van der Waals surface area contributed by atoms with Crippen LogP contribution in [0.5, 0.6) is 0 Å². The standard InChI is InChI=1S/C11H20NO3Si.C2F6NO4S2/c1-11-7-5-6-8-12(11)9-10-16(13-2,14-3)15-4;3-1(4,5)14(10,11)9-15(12,13)2(6,7)8/h5-8H,9-10H2,1-4H3;/q+1;-1. The van der Waals surface area contributed by atoms with Crippen LogP contribution in [0.25, 0.3) is 4.13 Å². The summed E-state index contributed by atoms with van der Waals surface area (Å²) in [5, 5.41) is 0. The summed E-state index contributed by atoms with van der Waals surface area (Å²) in [5.41, 5.74) is -11.2. The van der Waals surface area contributed by atoms with Gasteiger partial charge in [-0.15, -0.1) is 0 Å². The van der Waals surface area contributed by atoms with Gasteiger partial charge in [-0.25, -0.2) is 21.4 Å². The van der Waals surface area contributed by atoms with Gasteiger partial charge in [0.25, 0.3) is 0 Å². The Morgan fingerprint density at radius 2 is 1.32 bits per heavy atom. The first-order valence-corrected chi connectivity index (χ1v) is 12.7. The van der Waals surface area contributed by atoms with Crippen LogP contribution in [-0.2, 0) is 39.9 Å². The lowest BCUT2D eigenvalue weighted by Crippen LogP contribution is -2.48. The number of nitrogens with zero attached hydrogens (tertiary/aromatic N) is 2. The molecule has 0 N–H and O–H groups in total. The number of halogens is 6. The number of aryl methyl sites for hydroxylation is 2. The van der Waals surface area contributed by atoms with Crippen molar-refractivity contribution in [2.75, 3.05) is 21.3 Å². The van der Waals surface area contributed by atoms with Crippen molar-refractivity contribution < 1.29 is 61.0 Å². The van der Waals surface area contributed by atoms with Gasteiger partial charge < -0.3 is 17.4 Å². The minimum absolute atomic E-state index is 0.770. The van der Waals surface area contributed by atoms with Gasteiger partial charge in [0.15, 0.2) is 38.5 Å². The largest absolute Gasteiger partial charge is 0.506 e. The van der Waals surface area contributed by atoms with E-state index >= 15 is 0 Å². The number of hydrogen-bond donors (Lipinski definition) is 0. The van der Waals surface area contributed by atoms with Crippen molar-refractivity contribution in [1.29, 1.82) is 0 Å². The minimum atomic E-state index is -6.72. The third-order valence-corrected chi connectivity index (χ3v) is 8.98. The molecule has 0 saturated carbocycles. The molecule has 0 fully saturated rings. The zero-order valence-corrected chi connectivity index (χ0v) is 19.2. The normalized spacial score (nSPS) is 13.5. The van der Waals surface area contributed by atoms with Crippen LogP contribution >= 0.6 is 0 Å². The number of aromatic nitrogens is 1. The molecule has 0 amide bonds. The highest BCUT2D eigenvalue weighted by Crippen LogP contribution is 2.36. The second kappa shape index (κ2) is 11.0. The van der Waals surface area contributed by atoms with E-state index in [4.69, 9.17) is 13.3 Å². The van der Waals surface area contributed by atoms with Crippen molar-refractivity contribution in [2.24, 2.45) is 0 Å². The van der Waals surface area contributed by atoms with Gasteiger partial charge in [-0.1, -0.05) is 6.07 Å². The molecule has 0 aliphatic heterocycles. The number of hydrogen-bond acceptors (Lipinski definition) is 7. The molecule has 0 bridgehead atoms. The third-order valence-electron chi connectivity index (χ3n) is 3.54. The lowest BCUT2D eigenvalue weighted by atomic mass is 10.3. The first-order valence-electron chi connectivity index (χ1n) is 7.85. The molecule has 0 unspecified atom stereocenters. The van der Waals surface area contributed by atoms with E-state index in [0.717, 1.165) is 16.7 Å². The Morgan fingerprint density at radius 1 is 0.903 bits per heavy atom. The Morgan fingerprint density at radius 3 is 1.65 bits per heavy atom. The molecule has 1 aromatic heterocycles. The van der Waals surface area contributed by atoms with E-state index in [-0.39, 0.29) is 0 Å². The zero-order valence-electron chi connectivity index (χ0n) is 16.6. The SMILES string of the molecule is CO[Si](CC[n+]1ccccc1C)(OC)OC.O=S(=O)([N-]S(=O)(=O)C(F)(F)F)C(F)(F)F. The van der Waals surface area contributed by atoms with E-state index in [1.807, 2.05) is 12.1 Å². The first-order chi connectivity index (χ1) is 13.9. The summed E-state index contributed by atoms with van der Waals surface area (Å²) >= 11 is 0. The van der Waals surface area contributed by atoms with Gasteiger partial charge in [0.2, 0.25) is 0 Å². The van der Waals surface area contributed by atoms with Crippen molar-refractivity contribution in [1.82, 2.24) is 0 Å². The van der Waals surface area contributed by atoms with Crippen LogP contribution in [0, 0.1) is 6.92 Å². The van der Waals surface area contributed by atoms with Crippen molar-refractivity contribution in [3.05, 3.63) is 34.2 Å². The molecule has 1 heterocycles. The lowest BCUT2D eigenvalue weighted by molar-refractivity contribution is -0.699. The predicted molar refractivity (Wildman–Crippen MR) is 96.3 cm³/mol. The lowest BCUT2D eigenvalue weighted by Gasteiger charge is -2.22. The molecule has 9 nitrogen and oxygen atoms in total. The van der Waals surface area contributed by atoms with E-state index in [2.05, 4.69) is 23.8 Å². The number of sulfonamides is 2. The van der Waals surface area contributed by atoms with Gasteiger partial charge in [0.1, 0.15) is 0 Å². The topological polar surface area (TPSA) is 114 Å². The molecule has 0 aliphatic carbocycles. The van der Waals surface area contributed by atoms with E-state index in [1.165, 1.54) is 5.69 Å². The molecule has 182 valence electrons. The number of rotatable bonds is 8.